The molecule has 0 aliphatic heterocycles. The summed E-state index contributed by atoms with van der Waals surface area (Å²) in [6, 6.07) is 62.8. The number of nitrogens with zero attached hydrogens (tertiary/aromatic N) is 4. The first-order valence-electron chi connectivity index (χ1n) is 47.4. The highest BCUT2D eigenvalue weighted by atomic mass is 32.1. The van der Waals surface area contributed by atoms with E-state index in [9.17, 15) is 30.6 Å². The molecule has 0 radical (unpaired) electrons. The molecular weight excluding hydrogens is 1690 g/mol. The number of fused-ring (bicyclic) bond motifs is 8. The van der Waals surface area contributed by atoms with Crippen molar-refractivity contribution < 1.29 is 36.6 Å². The number of benzene rings is 7. The van der Waals surface area contributed by atoms with Crippen molar-refractivity contribution in [3.05, 3.63) is 302 Å². The Kier molecular flexibility index (Phi) is 30.5. The molecule has 4 heterocycles. The molecule has 16 heteroatoms. The van der Waals surface area contributed by atoms with Gasteiger partial charge in [-0.3, -0.25) is 9.59 Å². The normalized spacial score (nSPS) is 14.7. The van der Waals surface area contributed by atoms with Crippen LogP contribution in [0.4, 0.5) is 17.6 Å². The average molecular weight is 1810 g/mol. The van der Waals surface area contributed by atoms with Crippen LogP contribution in [0.3, 0.4) is 0 Å². The molecule has 0 spiro atoms. The Hall–Kier alpha value is -11.1. The molecule has 8 nitrogen and oxygen atoms in total. The molecule has 130 heavy (non-hydrogen) atoms. The zero-order valence-electron chi connectivity index (χ0n) is 76.1. The summed E-state index contributed by atoms with van der Waals surface area (Å²) in [5.74, 6) is -4.45. The topological polar surface area (TPSA) is 148 Å². The summed E-state index contributed by atoms with van der Waals surface area (Å²) in [6.45, 7) is 18.6. The lowest BCUT2D eigenvalue weighted by Crippen LogP contribution is -2.30. The molecule has 0 saturated heterocycles. The standard InChI is InChI=1S/C114H114F4N4O4S4/c1-9-17-23-27-33-73-37-45-79(46-38-73)113(80-47-39-74(40-48-80)34-28-24-18-10-2)93-57-90-94(58-89(93)109-95(113)63-103(129-109)111-101(125-69-71(15-7)31-21-13-5)55-83(127-111)53-91-105(77(65-119)66-120)85-59-97(115)99(117)61-87(85)107(91)123)114(81-49-41-75(42-50-81)35-29-25-19-11-3,82-51-43-76(44-52-82)36-30-26-20-12-4)96-64-104(130-110(90)96)112-102(126-70-72(16-8)32-22-14-6)56-84(128-112)54-92-106(78(67-121)68-122)86-60-98(116)100(118)62-88(86)108(92)124/h37-64,71-72H,9-36,69-70H2,1-8H3/b91-53-,92-54-. The first-order valence-corrected chi connectivity index (χ1v) is 50.7. The van der Waals surface area contributed by atoms with Crippen LogP contribution in [0.15, 0.2) is 180 Å². The van der Waals surface area contributed by atoms with E-state index in [0.717, 1.165) is 289 Å². The summed E-state index contributed by atoms with van der Waals surface area (Å²) in [6.07, 6.45) is 32.8. The molecule has 7 aromatic carbocycles. The van der Waals surface area contributed by atoms with Gasteiger partial charge in [0.1, 0.15) is 46.9 Å². The van der Waals surface area contributed by atoms with Gasteiger partial charge in [-0.05, 0) is 238 Å². The van der Waals surface area contributed by atoms with E-state index < -0.39 is 56.8 Å². The number of thiophene rings is 4. The second-order valence-electron chi connectivity index (χ2n) is 35.7. The summed E-state index contributed by atoms with van der Waals surface area (Å²) in [5, 5.41) is 42.1. The van der Waals surface area contributed by atoms with E-state index in [2.05, 4.69) is 177 Å². The van der Waals surface area contributed by atoms with Crippen LogP contribution >= 0.6 is 45.3 Å². The number of hydrogen-bond donors (Lipinski definition) is 0. The number of hydrogen-bond acceptors (Lipinski definition) is 12. The van der Waals surface area contributed by atoms with Crippen molar-refractivity contribution in [2.24, 2.45) is 11.8 Å². The number of unbranched alkanes of at least 4 members (excludes halogenated alkanes) is 14. The van der Waals surface area contributed by atoms with Gasteiger partial charge in [0.05, 0.1) is 33.8 Å². The molecule has 4 aliphatic carbocycles. The lowest BCUT2D eigenvalue weighted by atomic mass is 9.65. The van der Waals surface area contributed by atoms with Crippen molar-refractivity contribution in [3.8, 4) is 76.2 Å². The van der Waals surface area contributed by atoms with Crippen molar-refractivity contribution >= 4 is 80.2 Å². The van der Waals surface area contributed by atoms with Crippen LogP contribution in [0.25, 0.3) is 63.7 Å². The minimum absolute atomic E-state index is 0.0177. The summed E-state index contributed by atoms with van der Waals surface area (Å²) < 4.78 is 75.8. The van der Waals surface area contributed by atoms with Crippen molar-refractivity contribution in [1.82, 2.24) is 0 Å². The molecule has 4 aliphatic rings. The second-order valence-corrected chi connectivity index (χ2v) is 39.9. The number of ketones is 2. The third-order valence-corrected chi connectivity index (χ3v) is 32.0. The fraction of sp³-hybridized carbons (Fsp3) is 0.368. The van der Waals surface area contributed by atoms with Crippen molar-refractivity contribution in [3.63, 3.8) is 0 Å². The predicted octanol–water partition coefficient (Wildman–Crippen LogP) is 32.4. The Balaban J connectivity index is 1.03. The summed E-state index contributed by atoms with van der Waals surface area (Å²) >= 11 is 6.30. The van der Waals surface area contributed by atoms with Gasteiger partial charge in [0.25, 0.3) is 0 Å². The van der Waals surface area contributed by atoms with Crippen LogP contribution in [0.1, 0.15) is 318 Å². The Bertz CT molecular complexity index is 5810. The van der Waals surface area contributed by atoms with Gasteiger partial charge in [-0.2, -0.15) is 21.0 Å². The first kappa shape index (κ1) is 93.6. The maximum absolute atomic E-state index is 15.4. The monoisotopic (exact) mass is 1810 g/mol. The van der Waals surface area contributed by atoms with Crippen LogP contribution in [0.2, 0.25) is 0 Å². The molecule has 15 rings (SSSR count). The minimum atomic E-state index is -1.21. The predicted molar refractivity (Wildman–Crippen MR) is 526 cm³/mol. The molecule has 0 fully saturated rings. The number of nitriles is 4. The number of halogens is 4. The fourth-order valence-corrected chi connectivity index (χ4v) is 24.7. The van der Waals surface area contributed by atoms with Crippen LogP contribution in [0.5, 0.6) is 11.5 Å². The Morgan fingerprint density at radius 2 is 0.646 bits per heavy atom. The lowest BCUT2D eigenvalue weighted by molar-refractivity contribution is 0.103. The number of carbonyl (C=O) groups is 2. The molecule has 0 N–H and O–H groups in total. The number of Topliss-reactive ketones (excluding diaryl/α,β-unsaturated/α-hetero) is 2. The van der Waals surface area contributed by atoms with E-state index in [4.69, 9.17) is 9.47 Å². The number of rotatable bonds is 42. The minimum Gasteiger partial charge on any atom is -0.492 e. The third-order valence-electron chi connectivity index (χ3n) is 27.2. The second kappa shape index (κ2) is 42.4. The molecule has 0 amide bonds. The highest BCUT2D eigenvalue weighted by molar-refractivity contribution is 7.25. The zero-order valence-corrected chi connectivity index (χ0v) is 79.4. The number of aryl methyl sites for hydroxylation is 4. The molecule has 0 bridgehead atoms. The maximum Gasteiger partial charge on any atom is 0.194 e. The Labute approximate surface area is 781 Å². The maximum atomic E-state index is 15.4. The SMILES string of the molecule is CCCCCCc1ccc(C2(c3ccc(CCCCCC)cc3)c3cc4c(cc3-c3sc(-c5sc(/C=C6\C(=O)c7cc(F)c(F)cc7C6=C(C#N)C#N)cc5OCC(CC)CCCC)cc32)C(c2ccc(CCCCCC)cc2)(c2ccc(CCCCCC)cc2)c2cc(-c3sc(/C=C5\C(=O)c6cc(F)c(F)cc6C5=C(C#N)C#N)cc3OCC(CC)CCCC)sc2-4)cc1. The quantitative estimate of drug-likeness (QED) is 0.0159. The third kappa shape index (κ3) is 18.6. The molecule has 11 aromatic rings. The van der Waals surface area contributed by atoms with Crippen LogP contribution in [0, 0.1) is 80.4 Å². The van der Waals surface area contributed by atoms with E-state index in [-0.39, 0.29) is 56.4 Å². The van der Waals surface area contributed by atoms with Gasteiger partial charge in [0.2, 0.25) is 0 Å². The van der Waals surface area contributed by atoms with Gasteiger partial charge in [-0.25, -0.2) is 17.6 Å². The van der Waals surface area contributed by atoms with Gasteiger partial charge in [-0.1, -0.05) is 268 Å². The zero-order chi connectivity index (χ0) is 91.3. The number of ether oxygens (including phenoxy) is 2. The van der Waals surface area contributed by atoms with Gasteiger partial charge in [0.15, 0.2) is 34.8 Å². The smallest absolute Gasteiger partial charge is 0.194 e. The molecule has 666 valence electrons. The van der Waals surface area contributed by atoms with Crippen LogP contribution < -0.4 is 9.47 Å². The van der Waals surface area contributed by atoms with Crippen molar-refractivity contribution in [1.29, 1.82) is 21.0 Å². The molecule has 2 unspecified atom stereocenters. The van der Waals surface area contributed by atoms with Gasteiger partial charge in [0, 0.05) is 62.7 Å². The van der Waals surface area contributed by atoms with E-state index in [0.29, 0.717) is 34.5 Å². The summed E-state index contributed by atoms with van der Waals surface area (Å²) in [7, 11) is 0. The van der Waals surface area contributed by atoms with Gasteiger partial charge >= 0.3 is 0 Å². The molecule has 4 aromatic heterocycles. The van der Waals surface area contributed by atoms with E-state index in [1.165, 1.54) is 44.9 Å². The van der Waals surface area contributed by atoms with E-state index in [1.807, 2.05) is 36.4 Å². The molecule has 2 atom stereocenters. The number of allylic oxidation sites excluding steroid dienone is 6. The van der Waals surface area contributed by atoms with Gasteiger partial charge < -0.3 is 9.47 Å². The van der Waals surface area contributed by atoms with Crippen LogP contribution in [-0.2, 0) is 36.5 Å². The number of carbonyl (C=O) groups excluding carboxylic acids is 2. The Morgan fingerprint density at radius 3 is 0.931 bits per heavy atom. The first-order chi connectivity index (χ1) is 63.4. The van der Waals surface area contributed by atoms with E-state index >= 15 is 17.6 Å². The highest BCUT2D eigenvalue weighted by Gasteiger charge is 2.54. The molecular formula is C114H114F4N4O4S4. The summed E-state index contributed by atoms with van der Waals surface area (Å²) in [5.41, 5.74) is 12.8. The van der Waals surface area contributed by atoms with Crippen molar-refractivity contribution in [2.45, 2.75) is 246 Å². The van der Waals surface area contributed by atoms with Gasteiger partial charge in [-0.15, -0.1) is 45.3 Å². The Morgan fingerprint density at radius 1 is 0.346 bits per heavy atom. The average Bonchev–Trinajstić information content (AvgIpc) is 1.50. The van der Waals surface area contributed by atoms with Crippen LogP contribution in [-0.4, -0.2) is 24.8 Å². The van der Waals surface area contributed by atoms with E-state index in [1.54, 1.807) is 34.8 Å². The highest BCUT2D eigenvalue weighted by Crippen LogP contribution is 2.67. The summed E-state index contributed by atoms with van der Waals surface area (Å²) in [4.78, 5) is 36.5. The largest absolute Gasteiger partial charge is 0.492 e. The molecule has 0 saturated carbocycles. The van der Waals surface area contributed by atoms with Crippen molar-refractivity contribution in [2.75, 3.05) is 13.2 Å². The fourth-order valence-electron chi connectivity index (χ4n) is 19.9. The lowest BCUT2D eigenvalue weighted by Gasteiger charge is -2.35.